The van der Waals surface area contributed by atoms with E-state index < -0.39 is 57.3 Å². The van der Waals surface area contributed by atoms with Gasteiger partial charge < -0.3 is 0 Å². The molecule has 0 aromatic rings. The van der Waals surface area contributed by atoms with Crippen LogP contribution < -0.4 is 0 Å². The largest absolute Gasteiger partial charge is 0.273 e. The Morgan fingerprint density at radius 3 is 1.80 bits per heavy atom. The van der Waals surface area contributed by atoms with E-state index in [1.54, 1.807) is 0 Å². The summed E-state index contributed by atoms with van der Waals surface area (Å²) < 4.78 is 99.7. The molecule has 0 saturated carbocycles. The molecule has 0 fully saturated rings. The highest BCUT2D eigenvalue weighted by Crippen LogP contribution is 2.09. The standard InChI is InChI=1S/C8H14F4O6S2/c1-6(18-20(15,16)5-8(11)12)2-3-17-19(13,14)4-7(9)10/h6-8H,2-5H2,1H3. The van der Waals surface area contributed by atoms with Crippen molar-refractivity contribution in [1.29, 1.82) is 0 Å². The van der Waals surface area contributed by atoms with E-state index in [-0.39, 0.29) is 6.42 Å². The lowest BCUT2D eigenvalue weighted by Crippen LogP contribution is -2.24. The van der Waals surface area contributed by atoms with Gasteiger partial charge in [-0.25, -0.2) is 17.6 Å². The Balaban J connectivity index is 4.16. The fourth-order valence-electron chi connectivity index (χ4n) is 1.04. The Morgan fingerprint density at radius 1 is 0.900 bits per heavy atom. The summed E-state index contributed by atoms with van der Waals surface area (Å²) in [5.74, 6) is -2.96. The molecule has 1 unspecified atom stereocenters. The lowest BCUT2D eigenvalue weighted by atomic mass is 10.3. The monoisotopic (exact) mass is 346 g/mol. The zero-order valence-corrected chi connectivity index (χ0v) is 12.0. The second-order valence-corrected chi connectivity index (χ2v) is 7.07. The Kier molecular flexibility index (Phi) is 7.91. The number of rotatable bonds is 10. The Hall–Kier alpha value is -0.460. The van der Waals surface area contributed by atoms with Crippen molar-refractivity contribution >= 4 is 20.2 Å². The van der Waals surface area contributed by atoms with Gasteiger partial charge in [-0.15, -0.1) is 0 Å². The highest BCUT2D eigenvalue weighted by atomic mass is 32.2. The highest BCUT2D eigenvalue weighted by Gasteiger charge is 2.23. The van der Waals surface area contributed by atoms with E-state index in [9.17, 15) is 34.4 Å². The molecule has 0 rings (SSSR count). The predicted octanol–water partition coefficient (Wildman–Crippen LogP) is 0.988. The number of hydrogen-bond donors (Lipinski definition) is 0. The maximum Gasteiger partial charge on any atom is 0.273 e. The second kappa shape index (κ2) is 8.10. The van der Waals surface area contributed by atoms with Crippen molar-refractivity contribution in [3.8, 4) is 0 Å². The Morgan fingerprint density at radius 2 is 1.35 bits per heavy atom. The summed E-state index contributed by atoms with van der Waals surface area (Å²) in [6.45, 7) is 0.590. The maximum atomic E-state index is 11.9. The van der Waals surface area contributed by atoms with Gasteiger partial charge in [-0.05, 0) is 13.3 Å². The summed E-state index contributed by atoms with van der Waals surface area (Å²) in [6.07, 6.45) is -7.61. The quantitative estimate of drug-likeness (QED) is 0.433. The summed E-state index contributed by atoms with van der Waals surface area (Å²) >= 11 is 0. The molecule has 0 aliphatic heterocycles. The second-order valence-electron chi connectivity index (χ2n) is 3.75. The van der Waals surface area contributed by atoms with Crippen molar-refractivity contribution in [3.63, 3.8) is 0 Å². The van der Waals surface area contributed by atoms with Gasteiger partial charge in [0.2, 0.25) is 0 Å². The molecule has 20 heavy (non-hydrogen) atoms. The van der Waals surface area contributed by atoms with Crippen molar-refractivity contribution < 1.29 is 42.8 Å². The summed E-state index contributed by atoms with van der Waals surface area (Å²) in [7, 11) is -8.85. The molecule has 0 N–H and O–H groups in total. The van der Waals surface area contributed by atoms with Gasteiger partial charge in [0.15, 0.2) is 0 Å². The topological polar surface area (TPSA) is 86.7 Å². The molecule has 122 valence electrons. The van der Waals surface area contributed by atoms with Crippen LogP contribution in [-0.4, -0.2) is 53.9 Å². The summed E-state index contributed by atoms with van der Waals surface area (Å²) in [4.78, 5) is 0. The fraction of sp³-hybridized carbons (Fsp3) is 1.00. The molecule has 12 heteroatoms. The Bertz CT molecular complexity index is 475. The first-order valence-electron chi connectivity index (χ1n) is 5.28. The average molecular weight is 346 g/mol. The summed E-state index contributed by atoms with van der Waals surface area (Å²) in [6, 6.07) is 0. The van der Waals surface area contributed by atoms with E-state index in [2.05, 4.69) is 8.37 Å². The molecule has 0 amide bonds. The van der Waals surface area contributed by atoms with Crippen molar-refractivity contribution in [1.82, 2.24) is 0 Å². The van der Waals surface area contributed by atoms with E-state index >= 15 is 0 Å². The van der Waals surface area contributed by atoms with Crippen molar-refractivity contribution in [2.24, 2.45) is 0 Å². The third-order valence-electron chi connectivity index (χ3n) is 1.76. The van der Waals surface area contributed by atoms with Crippen molar-refractivity contribution in [2.45, 2.75) is 32.3 Å². The van der Waals surface area contributed by atoms with Gasteiger partial charge in [-0.3, -0.25) is 8.37 Å². The van der Waals surface area contributed by atoms with E-state index in [0.717, 1.165) is 0 Å². The van der Waals surface area contributed by atoms with Crippen LogP contribution in [0.2, 0.25) is 0 Å². The predicted molar refractivity (Wildman–Crippen MR) is 60.7 cm³/mol. The zero-order chi connectivity index (χ0) is 16.0. The van der Waals surface area contributed by atoms with Crippen molar-refractivity contribution in [3.05, 3.63) is 0 Å². The molecule has 0 aromatic carbocycles. The van der Waals surface area contributed by atoms with E-state index in [4.69, 9.17) is 0 Å². The van der Waals surface area contributed by atoms with E-state index in [0.29, 0.717) is 0 Å². The molecule has 6 nitrogen and oxygen atoms in total. The third kappa shape index (κ3) is 10.3. The van der Waals surface area contributed by atoms with Crippen LogP contribution in [0.1, 0.15) is 13.3 Å². The van der Waals surface area contributed by atoms with Crippen LogP contribution in [0.5, 0.6) is 0 Å². The van der Waals surface area contributed by atoms with Gasteiger partial charge in [0, 0.05) is 0 Å². The molecule has 0 bridgehead atoms. The SMILES string of the molecule is CC(CCOS(=O)(=O)CC(F)F)OS(=O)(=O)CC(F)F. The fourth-order valence-corrected chi connectivity index (χ4v) is 2.77. The van der Waals surface area contributed by atoms with E-state index in [1.807, 2.05) is 0 Å². The van der Waals surface area contributed by atoms with Crippen LogP contribution in [0, 0.1) is 0 Å². The molecule has 0 aromatic heterocycles. The number of halogens is 4. The molecule has 0 aliphatic rings. The Labute approximate surface area is 114 Å². The smallest absolute Gasteiger partial charge is 0.270 e. The van der Waals surface area contributed by atoms with Crippen LogP contribution in [0.15, 0.2) is 0 Å². The molecule has 1 atom stereocenters. The average Bonchev–Trinajstić information content (AvgIpc) is 2.10. The minimum atomic E-state index is -4.44. The number of alkyl halides is 4. The molecule has 0 spiro atoms. The first-order chi connectivity index (χ1) is 8.93. The van der Waals surface area contributed by atoms with Crippen LogP contribution in [0.3, 0.4) is 0 Å². The van der Waals surface area contributed by atoms with Crippen LogP contribution in [-0.2, 0) is 28.6 Å². The minimum Gasteiger partial charge on any atom is -0.270 e. The van der Waals surface area contributed by atoms with Crippen LogP contribution in [0.4, 0.5) is 17.6 Å². The van der Waals surface area contributed by atoms with Gasteiger partial charge in [-0.1, -0.05) is 0 Å². The minimum absolute atomic E-state index is 0.287. The van der Waals surface area contributed by atoms with Crippen LogP contribution >= 0.6 is 0 Å². The zero-order valence-electron chi connectivity index (χ0n) is 10.3. The van der Waals surface area contributed by atoms with E-state index in [1.165, 1.54) is 6.92 Å². The molecule has 0 heterocycles. The van der Waals surface area contributed by atoms with Crippen molar-refractivity contribution in [2.75, 3.05) is 18.1 Å². The molecular formula is C8H14F4O6S2. The molecule has 0 radical (unpaired) electrons. The van der Waals surface area contributed by atoms with Gasteiger partial charge >= 0.3 is 0 Å². The van der Waals surface area contributed by atoms with Crippen LogP contribution in [0.25, 0.3) is 0 Å². The molecular weight excluding hydrogens is 332 g/mol. The molecule has 0 saturated heterocycles. The normalized spacial score (nSPS) is 14.9. The first-order valence-corrected chi connectivity index (χ1v) is 8.43. The van der Waals surface area contributed by atoms with Gasteiger partial charge in [0.1, 0.15) is 11.5 Å². The third-order valence-corrected chi connectivity index (χ3v) is 4.23. The first kappa shape index (κ1) is 19.5. The maximum absolute atomic E-state index is 11.9. The highest BCUT2D eigenvalue weighted by molar-refractivity contribution is 7.87. The van der Waals surface area contributed by atoms with Gasteiger partial charge in [-0.2, -0.15) is 16.8 Å². The summed E-state index contributed by atoms with van der Waals surface area (Å²) in [5.41, 5.74) is 0. The van der Waals surface area contributed by atoms with Gasteiger partial charge in [0.05, 0.1) is 12.7 Å². The number of hydrogen-bond acceptors (Lipinski definition) is 6. The lowest BCUT2D eigenvalue weighted by molar-refractivity contribution is 0.153. The molecule has 0 aliphatic carbocycles. The summed E-state index contributed by atoms with van der Waals surface area (Å²) in [5, 5.41) is 0. The van der Waals surface area contributed by atoms with Gasteiger partial charge in [0.25, 0.3) is 33.1 Å². The lowest BCUT2D eigenvalue weighted by Gasteiger charge is -2.12.